The van der Waals surface area contributed by atoms with Gasteiger partial charge in [0.25, 0.3) is 0 Å². The zero-order chi connectivity index (χ0) is 11.3. The number of nitrogens with one attached hydrogen (secondary N) is 1. The van der Waals surface area contributed by atoms with Gasteiger partial charge in [0, 0.05) is 6.54 Å². The maximum absolute atomic E-state index is 13.5. The van der Waals surface area contributed by atoms with Crippen molar-refractivity contribution >= 4 is 17.6 Å². The Morgan fingerprint density at radius 2 is 2.13 bits per heavy atom. The van der Waals surface area contributed by atoms with E-state index in [1.807, 2.05) is 6.26 Å². The third-order valence-corrected chi connectivity index (χ3v) is 2.55. The van der Waals surface area contributed by atoms with Crippen molar-refractivity contribution in [2.24, 2.45) is 0 Å². The second kappa shape index (κ2) is 5.90. The van der Waals surface area contributed by atoms with Crippen molar-refractivity contribution in [2.75, 3.05) is 18.1 Å². The highest BCUT2D eigenvalue weighted by Crippen LogP contribution is 2.18. The van der Waals surface area contributed by atoms with Gasteiger partial charge in [0.2, 0.25) is 0 Å². The summed E-state index contributed by atoms with van der Waals surface area (Å²) < 4.78 is 13.5. The fraction of sp³-hybridized carbons (Fsp3) is 0.600. The van der Waals surface area contributed by atoms with E-state index in [-0.39, 0.29) is 5.82 Å². The number of hydrogen-bond acceptors (Lipinski definition) is 4. The molecule has 1 aromatic heterocycles. The van der Waals surface area contributed by atoms with Crippen LogP contribution in [0.25, 0.3) is 0 Å². The summed E-state index contributed by atoms with van der Waals surface area (Å²) in [6, 6.07) is 0. The van der Waals surface area contributed by atoms with Gasteiger partial charge in [-0.2, -0.15) is 0 Å². The van der Waals surface area contributed by atoms with Crippen LogP contribution in [0.5, 0.6) is 0 Å². The number of nitrogens with zero attached hydrogens (tertiary/aromatic N) is 2. The number of hydrogen-bond donors (Lipinski definition) is 1. The van der Waals surface area contributed by atoms with Gasteiger partial charge in [-0.3, -0.25) is 0 Å². The smallest absolute Gasteiger partial charge is 0.189 e. The molecule has 0 aliphatic heterocycles. The Morgan fingerprint density at radius 1 is 1.40 bits per heavy atom. The average molecular weight is 229 g/mol. The van der Waals surface area contributed by atoms with Gasteiger partial charge in [-0.15, -0.1) is 0 Å². The molecule has 0 spiro atoms. The summed E-state index contributed by atoms with van der Waals surface area (Å²) in [5, 5.41) is 3.59. The van der Waals surface area contributed by atoms with Crippen molar-refractivity contribution in [1.29, 1.82) is 0 Å². The zero-order valence-electron chi connectivity index (χ0n) is 9.30. The van der Waals surface area contributed by atoms with Crippen LogP contribution >= 0.6 is 11.8 Å². The van der Waals surface area contributed by atoms with E-state index in [4.69, 9.17) is 0 Å². The van der Waals surface area contributed by atoms with E-state index in [9.17, 15) is 4.39 Å². The van der Waals surface area contributed by atoms with Crippen molar-refractivity contribution in [1.82, 2.24) is 9.97 Å². The van der Waals surface area contributed by atoms with Gasteiger partial charge >= 0.3 is 0 Å². The third kappa shape index (κ3) is 3.34. The fourth-order valence-corrected chi connectivity index (χ4v) is 1.54. The van der Waals surface area contributed by atoms with Gasteiger partial charge in [0.1, 0.15) is 0 Å². The Labute approximate surface area is 93.9 Å². The summed E-state index contributed by atoms with van der Waals surface area (Å²) >= 11 is 1.42. The number of unbranched alkanes of at least 4 members (excludes halogenated alkanes) is 1. The molecule has 1 N–H and O–H groups in total. The van der Waals surface area contributed by atoms with Crippen LogP contribution in [0.3, 0.4) is 0 Å². The number of thioether (sulfide) groups is 1. The van der Waals surface area contributed by atoms with E-state index in [1.54, 1.807) is 6.92 Å². The molecule has 0 saturated heterocycles. The van der Waals surface area contributed by atoms with Gasteiger partial charge in [-0.05, 0) is 19.6 Å². The lowest BCUT2D eigenvalue weighted by Gasteiger charge is -2.08. The first-order valence-electron chi connectivity index (χ1n) is 5.01. The van der Waals surface area contributed by atoms with Gasteiger partial charge in [-0.1, -0.05) is 25.1 Å². The second-order valence-electron chi connectivity index (χ2n) is 3.24. The maximum atomic E-state index is 13.5. The quantitative estimate of drug-likeness (QED) is 0.478. The van der Waals surface area contributed by atoms with Gasteiger partial charge in [-0.25, -0.2) is 14.4 Å². The molecule has 0 amide bonds. The van der Waals surface area contributed by atoms with Crippen LogP contribution < -0.4 is 5.32 Å². The molecule has 1 rings (SSSR count). The number of halogens is 1. The first-order valence-corrected chi connectivity index (χ1v) is 6.23. The fourth-order valence-electron chi connectivity index (χ4n) is 1.13. The molecule has 0 unspecified atom stereocenters. The van der Waals surface area contributed by atoms with Crippen LogP contribution in [-0.2, 0) is 0 Å². The first kappa shape index (κ1) is 12.2. The average Bonchev–Trinajstić information content (AvgIpc) is 2.24. The van der Waals surface area contributed by atoms with Crippen LogP contribution in [0.2, 0.25) is 0 Å². The van der Waals surface area contributed by atoms with Crippen LogP contribution in [0.15, 0.2) is 5.16 Å². The molecule has 3 nitrogen and oxygen atoms in total. The normalized spacial score (nSPS) is 10.4. The van der Waals surface area contributed by atoms with Crippen LogP contribution in [-0.4, -0.2) is 22.8 Å². The number of anilines is 1. The standard InChI is InChI=1S/C10H16FN3S/c1-4-5-6-12-9-8(11)7(2)13-10(14-9)15-3/h4-6H2,1-3H3,(H,12,13,14). The van der Waals surface area contributed by atoms with Crippen molar-refractivity contribution < 1.29 is 4.39 Å². The Bertz CT molecular complexity index is 331. The molecule has 0 bridgehead atoms. The Hall–Kier alpha value is -0.840. The maximum Gasteiger partial charge on any atom is 0.189 e. The molecule has 0 aliphatic rings. The number of aromatic nitrogens is 2. The highest BCUT2D eigenvalue weighted by Gasteiger charge is 2.09. The van der Waals surface area contributed by atoms with Gasteiger partial charge < -0.3 is 5.32 Å². The minimum Gasteiger partial charge on any atom is -0.367 e. The molecule has 0 aliphatic carbocycles. The van der Waals surface area contributed by atoms with Gasteiger partial charge in [0.05, 0.1) is 5.69 Å². The van der Waals surface area contributed by atoms with Crippen LogP contribution in [0.4, 0.5) is 10.2 Å². The Balaban J connectivity index is 2.80. The summed E-state index contributed by atoms with van der Waals surface area (Å²) in [6.45, 7) is 4.50. The summed E-state index contributed by atoms with van der Waals surface area (Å²) in [4.78, 5) is 8.11. The van der Waals surface area contributed by atoms with Crippen molar-refractivity contribution in [3.05, 3.63) is 11.5 Å². The monoisotopic (exact) mass is 229 g/mol. The van der Waals surface area contributed by atoms with Gasteiger partial charge in [0.15, 0.2) is 16.8 Å². The minimum atomic E-state index is -0.344. The number of rotatable bonds is 5. The largest absolute Gasteiger partial charge is 0.367 e. The summed E-state index contributed by atoms with van der Waals surface area (Å²) in [5.41, 5.74) is 0.397. The highest BCUT2D eigenvalue weighted by atomic mass is 32.2. The topological polar surface area (TPSA) is 37.8 Å². The predicted molar refractivity (Wildman–Crippen MR) is 61.9 cm³/mol. The number of aryl methyl sites for hydroxylation is 1. The second-order valence-corrected chi connectivity index (χ2v) is 4.01. The van der Waals surface area contributed by atoms with E-state index >= 15 is 0 Å². The molecule has 84 valence electrons. The Kier molecular flexibility index (Phi) is 4.81. The van der Waals surface area contributed by atoms with Crippen molar-refractivity contribution in [2.45, 2.75) is 31.8 Å². The summed E-state index contributed by atoms with van der Waals surface area (Å²) in [7, 11) is 0. The van der Waals surface area contributed by atoms with Crippen LogP contribution in [0.1, 0.15) is 25.5 Å². The molecule has 0 radical (unpaired) electrons. The molecule has 0 saturated carbocycles. The minimum absolute atomic E-state index is 0.320. The third-order valence-electron chi connectivity index (χ3n) is 2.00. The van der Waals surface area contributed by atoms with E-state index in [2.05, 4.69) is 22.2 Å². The highest BCUT2D eigenvalue weighted by molar-refractivity contribution is 7.98. The molecule has 1 heterocycles. The lowest BCUT2D eigenvalue weighted by molar-refractivity contribution is 0.595. The summed E-state index contributed by atoms with van der Waals surface area (Å²) in [6.07, 6.45) is 3.97. The van der Waals surface area contributed by atoms with E-state index in [0.717, 1.165) is 19.4 Å². The van der Waals surface area contributed by atoms with Crippen molar-refractivity contribution in [3.8, 4) is 0 Å². The molecule has 0 fully saturated rings. The summed E-state index contributed by atoms with van der Waals surface area (Å²) in [5.74, 6) is -0.0239. The van der Waals surface area contributed by atoms with Crippen LogP contribution in [0, 0.1) is 12.7 Å². The zero-order valence-corrected chi connectivity index (χ0v) is 10.1. The lowest BCUT2D eigenvalue weighted by atomic mass is 10.3. The molecule has 0 atom stereocenters. The SMILES string of the molecule is CCCCNc1nc(SC)nc(C)c1F. The molecule has 15 heavy (non-hydrogen) atoms. The van der Waals surface area contributed by atoms with Crippen molar-refractivity contribution in [3.63, 3.8) is 0 Å². The Morgan fingerprint density at radius 3 is 2.73 bits per heavy atom. The molecule has 1 aromatic rings. The lowest BCUT2D eigenvalue weighted by Crippen LogP contribution is -2.08. The first-order chi connectivity index (χ1) is 7.19. The molecule has 5 heteroatoms. The molecular formula is C10H16FN3S. The van der Waals surface area contributed by atoms with E-state index in [0.29, 0.717) is 16.7 Å². The molecular weight excluding hydrogens is 213 g/mol. The van der Waals surface area contributed by atoms with E-state index < -0.39 is 0 Å². The predicted octanol–water partition coefficient (Wildman–Crippen LogP) is 2.86. The molecule has 0 aromatic carbocycles. The van der Waals surface area contributed by atoms with E-state index in [1.165, 1.54) is 11.8 Å².